The standard InChI is InChI=1S/C43H50N2O6/c1-24-11-13-42(46)32-19-28-7-9-30(36-34(28)40(42,38(24)50-36)15-17-44(32)21-26-3-4-26)48-23-49-31-10-8-29-20-33-43(47)14-12-25(2)39-41(43,35(29)37(31)51-39)16-18-45(33)22-27-5-6-27/h7-10,26-27,32-33,38-39,46-47H,1-6,11-23H2/t32-,33-,38+,39+,40+,41+,42-,43-/m1/s1. The fourth-order valence-corrected chi connectivity index (χ4v) is 13.1. The van der Waals surface area contributed by atoms with Crippen molar-refractivity contribution in [2.45, 2.75) is 123 Å². The van der Waals surface area contributed by atoms with E-state index in [-0.39, 0.29) is 31.1 Å². The Balaban J connectivity index is 0.861. The van der Waals surface area contributed by atoms with E-state index >= 15 is 0 Å². The van der Waals surface area contributed by atoms with Gasteiger partial charge < -0.3 is 29.2 Å². The first kappa shape index (κ1) is 30.4. The second-order valence-electron chi connectivity index (χ2n) is 18.2. The normalized spacial score (nSPS) is 41.1. The summed E-state index contributed by atoms with van der Waals surface area (Å²) in [4.78, 5) is 5.20. The molecule has 6 fully saturated rings. The third-order valence-corrected chi connectivity index (χ3v) is 15.8. The predicted molar refractivity (Wildman–Crippen MR) is 191 cm³/mol. The SMILES string of the molecule is C=C1CC[C@@]2(O)[C@H]3Cc4ccc(OCOc5ccc6c7c5O[C@H]5C(=C)CC[C@@]8(O)[C@@H](C6)N(CC6CC6)CC[C@]758)c5c4[C@@]2(CCN3CC2CC2)[C@H]1O5. The molecule has 0 amide bonds. The molecule has 268 valence electrons. The molecule has 8 atom stereocenters. The lowest BCUT2D eigenvalue weighted by Gasteiger charge is -2.63. The van der Waals surface area contributed by atoms with Crippen LogP contribution in [0.15, 0.2) is 48.6 Å². The van der Waals surface area contributed by atoms with Crippen LogP contribution in [-0.2, 0) is 23.7 Å². The maximum Gasteiger partial charge on any atom is 0.231 e. The van der Waals surface area contributed by atoms with Crippen molar-refractivity contribution in [3.05, 3.63) is 70.8 Å². The zero-order chi connectivity index (χ0) is 34.1. The summed E-state index contributed by atoms with van der Waals surface area (Å²) in [6.07, 6.45) is 11.2. The number of hydrogen-bond acceptors (Lipinski definition) is 8. The smallest absolute Gasteiger partial charge is 0.231 e. The van der Waals surface area contributed by atoms with Gasteiger partial charge in [0, 0.05) is 36.3 Å². The average molecular weight is 691 g/mol. The molecule has 4 bridgehead atoms. The van der Waals surface area contributed by atoms with Gasteiger partial charge in [0.1, 0.15) is 12.2 Å². The molecule has 51 heavy (non-hydrogen) atoms. The minimum absolute atomic E-state index is 0.00830. The first-order chi connectivity index (χ1) is 24.7. The molecule has 2 N–H and O–H groups in total. The number of likely N-dealkylation sites (tertiary alicyclic amines) is 2. The number of hydrogen-bond donors (Lipinski definition) is 2. The Morgan fingerprint density at radius 3 is 1.55 bits per heavy atom. The largest absolute Gasteiger partial charge is 0.481 e. The molecule has 2 aromatic rings. The number of piperidine rings is 2. The van der Waals surface area contributed by atoms with Crippen LogP contribution < -0.4 is 18.9 Å². The summed E-state index contributed by atoms with van der Waals surface area (Å²) in [6, 6.07) is 8.69. The predicted octanol–water partition coefficient (Wildman–Crippen LogP) is 5.34. The quantitative estimate of drug-likeness (QED) is 0.284. The van der Waals surface area contributed by atoms with E-state index in [9.17, 15) is 10.2 Å². The van der Waals surface area contributed by atoms with Crippen molar-refractivity contribution in [1.82, 2.24) is 9.80 Å². The summed E-state index contributed by atoms with van der Waals surface area (Å²) >= 11 is 0. The Hall–Kier alpha value is -3.04. The van der Waals surface area contributed by atoms with Crippen molar-refractivity contribution < 1.29 is 29.2 Å². The van der Waals surface area contributed by atoms with Crippen LogP contribution in [0.4, 0.5) is 0 Å². The maximum atomic E-state index is 12.8. The zero-order valence-electron chi connectivity index (χ0n) is 29.6. The Morgan fingerprint density at radius 2 is 1.12 bits per heavy atom. The molecule has 8 heteroatoms. The summed E-state index contributed by atoms with van der Waals surface area (Å²) in [5.41, 5.74) is 4.33. The molecule has 10 aliphatic rings. The van der Waals surface area contributed by atoms with Crippen molar-refractivity contribution in [1.29, 1.82) is 0 Å². The fourth-order valence-electron chi connectivity index (χ4n) is 13.1. The third kappa shape index (κ3) is 3.66. The number of aliphatic hydroxyl groups is 2. The molecular formula is C43H50N2O6. The summed E-state index contributed by atoms with van der Waals surface area (Å²) < 4.78 is 26.7. The lowest BCUT2D eigenvalue weighted by molar-refractivity contribution is -0.174. The van der Waals surface area contributed by atoms with E-state index < -0.39 is 22.0 Å². The lowest BCUT2D eigenvalue weighted by atomic mass is 9.48. The molecule has 2 aromatic carbocycles. The molecule has 4 aliphatic heterocycles. The van der Waals surface area contributed by atoms with Gasteiger partial charge in [-0.3, -0.25) is 9.80 Å². The summed E-state index contributed by atoms with van der Waals surface area (Å²) in [5, 5.41) is 25.5. The van der Waals surface area contributed by atoms with E-state index in [1.165, 1.54) is 36.8 Å². The van der Waals surface area contributed by atoms with Gasteiger partial charge in [-0.05, 0) is 136 Å². The molecule has 0 aromatic heterocycles. The number of nitrogens with zero attached hydrogens (tertiary/aromatic N) is 2. The second kappa shape index (κ2) is 9.93. The van der Waals surface area contributed by atoms with E-state index in [4.69, 9.17) is 18.9 Å². The van der Waals surface area contributed by atoms with Crippen molar-refractivity contribution in [2.24, 2.45) is 11.8 Å². The Labute approximate surface area is 300 Å². The molecular weight excluding hydrogens is 640 g/mol. The minimum Gasteiger partial charge on any atom is -0.481 e. The van der Waals surface area contributed by atoms with Crippen LogP contribution in [0.2, 0.25) is 0 Å². The fraction of sp³-hybridized carbons (Fsp3) is 0.628. The number of ether oxygens (including phenoxy) is 4. The highest BCUT2D eigenvalue weighted by Crippen LogP contribution is 2.68. The topological polar surface area (TPSA) is 83.9 Å². The van der Waals surface area contributed by atoms with E-state index in [1.807, 2.05) is 12.1 Å². The summed E-state index contributed by atoms with van der Waals surface area (Å²) in [6.45, 7) is 13.1. The molecule has 2 saturated heterocycles. The van der Waals surface area contributed by atoms with Gasteiger partial charge in [0.05, 0.1) is 22.0 Å². The molecule has 8 nitrogen and oxygen atoms in total. The first-order valence-corrected chi connectivity index (χ1v) is 19.9. The van der Waals surface area contributed by atoms with Crippen LogP contribution in [0, 0.1) is 11.8 Å². The highest BCUT2D eigenvalue weighted by Gasteiger charge is 2.73. The lowest BCUT2D eigenvalue weighted by Crippen LogP contribution is -2.75. The van der Waals surface area contributed by atoms with Crippen LogP contribution in [0.25, 0.3) is 0 Å². The van der Waals surface area contributed by atoms with Gasteiger partial charge in [-0.1, -0.05) is 25.3 Å². The Bertz CT molecular complexity index is 1780. The van der Waals surface area contributed by atoms with E-state index in [1.54, 1.807) is 0 Å². The van der Waals surface area contributed by atoms with Crippen LogP contribution in [0.1, 0.15) is 86.5 Å². The molecule has 4 heterocycles. The summed E-state index contributed by atoms with van der Waals surface area (Å²) in [7, 11) is 0. The van der Waals surface area contributed by atoms with Gasteiger partial charge in [0.25, 0.3) is 0 Å². The van der Waals surface area contributed by atoms with Crippen molar-refractivity contribution in [3.63, 3.8) is 0 Å². The average Bonchev–Trinajstić information content (AvgIpc) is 4.04. The molecule has 0 unspecified atom stereocenters. The van der Waals surface area contributed by atoms with E-state index in [2.05, 4.69) is 35.1 Å². The van der Waals surface area contributed by atoms with Gasteiger partial charge in [0.2, 0.25) is 6.79 Å². The van der Waals surface area contributed by atoms with Crippen molar-refractivity contribution >= 4 is 0 Å². The number of benzene rings is 2. The van der Waals surface area contributed by atoms with Gasteiger partial charge in [0.15, 0.2) is 23.0 Å². The first-order valence-electron chi connectivity index (χ1n) is 19.9. The third-order valence-electron chi connectivity index (χ3n) is 15.8. The van der Waals surface area contributed by atoms with Crippen LogP contribution in [0.3, 0.4) is 0 Å². The van der Waals surface area contributed by atoms with Crippen LogP contribution in [-0.4, -0.2) is 88.5 Å². The monoisotopic (exact) mass is 690 g/mol. The molecule has 0 radical (unpaired) electrons. The van der Waals surface area contributed by atoms with Gasteiger partial charge in [-0.2, -0.15) is 0 Å². The second-order valence-corrected chi connectivity index (χ2v) is 18.2. The zero-order valence-corrected chi connectivity index (χ0v) is 29.6. The Kier molecular flexibility index (Phi) is 5.92. The van der Waals surface area contributed by atoms with Crippen molar-refractivity contribution in [2.75, 3.05) is 33.0 Å². The van der Waals surface area contributed by atoms with Crippen LogP contribution >= 0.6 is 0 Å². The number of rotatable bonds is 8. The van der Waals surface area contributed by atoms with E-state index in [0.29, 0.717) is 11.5 Å². The highest BCUT2D eigenvalue weighted by molar-refractivity contribution is 5.66. The molecule has 6 aliphatic carbocycles. The minimum atomic E-state index is -0.848. The van der Waals surface area contributed by atoms with Gasteiger partial charge in [-0.25, -0.2) is 0 Å². The van der Waals surface area contributed by atoms with Crippen molar-refractivity contribution in [3.8, 4) is 23.0 Å². The highest BCUT2D eigenvalue weighted by atomic mass is 16.7. The van der Waals surface area contributed by atoms with Gasteiger partial charge >= 0.3 is 0 Å². The maximum absolute atomic E-state index is 12.8. The Morgan fingerprint density at radius 1 is 0.667 bits per heavy atom. The molecule has 4 saturated carbocycles. The molecule has 12 rings (SSSR count). The van der Waals surface area contributed by atoms with Crippen LogP contribution in [0.5, 0.6) is 23.0 Å². The molecule has 2 spiro atoms. The van der Waals surface area contributed by atoms with E-state index in [0.717, 1.165) is 123 Å². The summed E-state index contributed by atoms with van der Waals surface area (Å²) in [5.74, 6) is 4.40. The van der Waals surface area contributed by atoms with Gasteiger partial charge in [-0.15, -0.1) is 0 Å².